The zero-order valence-electron chi connectivity index (χ0n) is 24.2. The van der Waals surface area contributed by atoms with Crippen molar-refractivity contribution in [2.75, 3.05) is 10.6 Å². The molecule has 4 heterocycles. The SMILES string of the molecule is Cc1cc(CNc2cnc3ccccc3n2)cc2cc(Cc3ccc4ncc(NCc5ccc6cc[nH]c6c5)nc4c3)[nH]c12. The Morgan fingerprint density at radius 2 is 1.39 bits per heavy atom. The van der Waals surface area contributed by atoms with Gasteiger partial charge in [-0.2, -0.15) is 0 Å². The second-order valence-electron chi connectivity index (χ2n) is 11.3. The van der Waals surface area contributed by atoms with Crippen molar-refractivity contribution >= 4 is 55.5 Å². The first kappa shape index (κ1) is 25.9. The van der Waals surface area contributed by atoms with Gasteiger partial charge in [-0.05, 0) is 83.1 Å². The van der Waals surface area contributed by atoms with Crippen LogP contribution in [0.2, 0.25) is 0 Å². The van der Waals surface area contributed by atoms with Crippen molar-refractivity contribution < 1.29 is 0 Å². The maximum atomic E-state index is 4.87. The molecule has 8 rings (SSSR count). The molecule has 0 aliphatic carbocycles. The number of rotatable bonds is 8. The lowest BCUT2D eigenvalue weighted by Gasteiger charge is -2.08. The van der Waals surface area contributed by atoms with E-state index in [1.807, 2.05) is 36.5 Å². The number of aromatic nitrogens is 6. The molecule has 8 heteroatoms. The summed E-state index contributed by atoms with van der Waals surface area (Å²) in [6.45, 7) is 3.50. The predicted octanol–water partition coefficient (Wildman–Crippen LogP) is 7.66. The molecule has 0 amide bonds. The van der Waals surface area contributed by atoms with Crippen molar-refractivity contribution in [3.05, 3.63) is 131 Å². The smallest absolute Gasteiger partial charge is 0.145 e. The summed E-state index contributed by atoms with van der Waals surface area (Å²) in [5.41, 5.74) is 11.8. The fourth-order valence-corrected chi connectivity index (χ4v) is 5.86. The van der Waals surface area contributed by atoms with Crippen molar-refractivity contribution in [1.29, 1.82) is 0 Å². The van der Waals surface area contributed by atoms with Crippen LogP contribution < -0.4 is 10.6 Å². The molecule has 0 fully saturated rings. The molecule has 0 radical (unpaired) electrons. The maximum Gasteiger partial charge on any atom is 0.145 e. The maximum absolute atomic E-state index is 4.87. The van der Waals surface area contributed by atoms with Crippen molar-refractivity contribution in [2.24, 2.45) is 0 Å². The van der Waals surface area contributed by atoms with E-state index in [4.69, 9.17) is 9.97 Å². The minimum absolute atomic E-state index is 0.671. The summed E-state index contributed by atoms with van der Waals surface area (Å²) in [4.78, 5) is 25.6. The monoisotopic (exact) mass is 574 g/mol. The highest BCUT2D eigenvalue weighted by Crippen LogP contribution is 2.25. The van der Waals surface area contributed by atoms with Gasteiger partial charge < -0.3 is 20.6 Å². The predicted molar refractivity (Wildman–Crippen MR) is 178 cm³/mol. The van der Waals surface area contributed by atoms with Gasteiger partial charge in [-0.25, -0.2) is 9.97 Å². The van der Waals surface area contributed by atoms with Crippen LogP contribution in [0.5, 0.6) is 0 Å². The topological polar surface area (TPSA) is 107 Å². The average Bonchev–Trinajstić information content (AvgIpc) is 3.69. The number of para-hydroxylation sites is 2. The van der Waals surface area contributed by atoms with Gasteiger partial charge in [-0.15, -0.1) is 0 Å². The van der Waals surface area contributed by atoms with E-state index in [0.717, 1.165) is 51.3 Å². The molecule has 8 aromatic rings. The number of H-pyrrole nitrogens is 2. The van der Waals surface area contributed by atoms with E-state index in [2.05, 4.69) is 92.1 Å². The van der Waals surface area contributed by atoms with Gasteiger partial charge in [0.25, 0.3) is 0 Å². The van der Waals surface area contributed by atoms with Gasteiger partial charge in [0.05, 0.1) is 34.5 Å². The Hall–Kier alpha value is -5.76. The number of benzene rings is 4. The van der Waals surface area contributed by atoms with Gasteiger partial charge in [0.1, 0.15) is 11.6 Å². The Balaban J connectivity index is 0.974. The standard InChI is InChI=1S/C36H30N8/c1-22-12-25(19-41-34-20-38-29-4-2-3-5-31(29)43-34)13-27-17-28(42-36(22)27)14-23-7-9-30-33(15-23)44-35(21-39-30)40-18-24-6-8-26-10-11-37-32(26)16-24/h2-13,15-17,20-21,37,42H,14,18-19H2,1H3,(H,40,44)(H,41,43). The Morgan fingerprint density at radius 3 is 2.25 bits per heavy atom. The summed E-state index contributed by atoms with van der Waals surface area (Å²) < 4.78 is 0. The van der Waals surface area contributed by atoms with Crippen LogP contribution in [-0.4, -0.2) is 29.9 Å². The van der Waals surface area contributed by atoms with Gasteiger partial charge in [-0.1, -0.05) is 36.4 Å². The first-order valence-corrected chi connectivity index (χ1v) is 14.8. The molecule has 0 aliphatic rings. The van der Waals surface area contributed by atoms with Crippen LogP contribution in [0.3, 0.4) is 0 Å². The van der Waals surface area contributed by atoms with Crippen LogP contribution in [0, 0.1) is 6.92 Å². The van der Waals surface area contributed by atoms with Gasteiger partial charge in [0.15, 0.2) is 0 Å². The summed E-state index contributed by atoms with van der Waals surface area (Å²) in [6.07, 6.45) is 6.33. The summed E-state index contributed by atoms with van der Waals surface area (Å²) in [5, 5.41) is 9.27. The average molecular weight is 575 g/mol. The number of anilines is 2. The van der Waals surface area contributed by atoms with Gasteiger partial charge >= 0.3 is 0 Å². The number of hydrogen-bond acceptors (Lipinski definition) is 6. The van der Waals surface area contributed by atoms with Crippen molar-refractivity contribution in [3.8, 4) is 0 Å². The second kappa shape index (κ2) is 10.8. The molecular formula is C36H30N8. The molecule has 4 aromatic carbocycles. The second-order valence-corrected chi connectivity index (χ2v) is 11.3. The highest BCUT2D eigenvalue weighted by atomic mass is 15.0. The number of hydrogen-bond donors (Lipinski definition) is 4. The fraction of sp³-hybridized carbons (Fsp3) is 0.111. The lowest BCUT2D eigenvalue weighted by Crippen LogP contribution is -2.02. The molecule has 0 unspecified atom stereocenters. The van der Waals surface area contributed by atoms with Crippen molar-refractivity contribution in [2.45, 2.75) is 26.4 Å². The van der Waals surface area contributed by atoms with Crippen LogP contribution in [-0.2, 0) is 19.5 Å². The van der Waals surface area contributed by atoms with E-state index in [1.165, 1.54) is 38.5 Å². The number of nitrogens with zero attached hydrogens (tertiary/aromatic N) is 4. The third-order valence-corrected chi connectivity index (χ3v) is 8.06. The molecule has 0 saturated heterocycles. The molecule has 0 bridgehead atoms. The minimum Gasteiger partial charge on any atom is -0.365 e. The first-order chi connectivity index (χ1) is 21.6. The summed E-state index contributed by atoms with van der Waals surface area (Å²) >= 11 is 0. The molecule has 8 nitrogen and oxygen atoms in total. The summed E-state index contributed by atoms with van der Waals surface area (Å²) in [6, 6.07) is 29.4. The Kier molecular flexibility index (Phi) is 6.37. The zero-order valence-corrected chi connectivity index (χ0v) is 24.2. The quantitative estimate of drug-likeness (QED) is 0.148. The number of aromatic amines is 2. The number of nitrogens with one attached hydrogen (secondary N) is 4. The lowest BCUT2D eigenvalue weighted by atomic mass is 10.1. The van der Waals surface area contributed by atoms with Crippen molar-refractivity contribution in [3.63, 3.8) is 0 Å². The summed E-state index contributed by atoms with van der Waals surface area (Å²) in [5.74, 6) is 1.53. The van der Waals surface area contributed by atoms with Gasteiger partial charge in [0.2, 0.25) is 0 Å². The third kappa shape index (κ3) is 5.18. The van der Waals surface area contributed by atoms with E-state index >= 15 is 0 Å². The number of aryl methyl sites for hydroxylation is 1. The molecule has 0 aliphatic heterocycles. The first-order valence-electron chi connectivity index (χ1n) is 14.8. The molecule has 0 saturated carbocycles. The fourth-order valence-electron chi connectivity index (χ4n) is 5.86. The van der Waals surface area contributed by atoms with Crippen LogP contribution in [0.15, 0.2) is 104 Å². The normalized spacial score (nSPS) is 11.6. The van der Waals surface area contributed by atoms with E-state index in [0.29, 0.717) is 13.1 Å². The molecule has 214 valence electrons. The third-order valence-electron chi connectivity index (χ3n) is 8.06. The Bertz CT molecular complexity index is 2300. The molecule has 0 spiro atoms. The Labute approximate surface area is 253 Å². The molecular weight excluding hydrogens is 544 g/mol. The minimum atomic E-state index is 0.671. The van der Waals surface area contributed by atoms with Crippen LogP contribution in [0.1, 0.15) is 27.9 Å². The van der Waals surface area contributed by atoms with Crippen LogP contribution in [0.4, 0.5) is 11.6 Å². The highest BCUT2D eigenvalue weighted by molar-refractivity contribution is 5.85. The van der Waals surface area contributed by atoms with Gasteiger partial charge in [0, 0.05) is 47.8 Å². The van der Waals surface area contributed by atoms with E-state index in [-0.39, 0.29) is 0 Å². The zero-order chi connectivity index (χ0) is 29.5. The summed E-state index contributed by atoms with van der Waals surface area (Å²) in [7, 11) is 0. The highest BCUT2D eigenvalue weighted by Gasteiger charge is 2.09. The van der Waals surface area contributed by atoms with Crippen LogP contribution >= 0.6 is 0 Å². The van der Waals surface area contributed by atoms with Crippen molar-refractivity contribution in [1.82, 2.24) is 29.9 Å². The number of fused-ring (bicyclic) bond motifs is 4. The van der Waals surface area contributed by atoms with Crippen LogP contribution in [0.25, 0.3) is 43.9 Å². The van der Waals surface area contributed by atoms with E-state index in [1.54, 1.807) is 12.4 Å². The molecule has 4 aromatic heterocycles. The van der Waals surface area contributed by atoms with E-state index in [9.17, 15) is 0 Å². The van der Waals surface area contributed by atoms with Gasteiger partial charge in [-0.3, -0.25) is 9.97 Å². The molecule has 44 heavy (non-hydrogen) atoms. The largest absolute Gasteiger partial charge is 0.365 e. The lowest BCUT2D eigenvalue weighted by molar-refractivity contribution is 1.10. The Morgan fingerprint density at radius 1 is 0.636 bits per heavy atom. The molecule has 4 N–H and O–H groups in total. The van der Waals surface area contributed by atoms with E-state index < -0.39 is 0 Å². The molecule has 0 atom stereocenters.